The van der Waals surface area contributed by atoms with Gasteiger partial charge in [0.1, 0.15) is 6.04 Å². The number of carboxylic acid groups (broad SMARTS) is 1. The highest BCUT2D eigenvalue weighted by molar-refractivity contribution is 7.89. The van der Waals surface area contributed by atoms with Crippen molar-refractivity contribution in [1.29, 1.82) is 0 Å². The van der Waals surface area contributed by atoms with Gasteiger partial charge in [0.25, 0.3) is 0 Å². The Balaban J connectivity index is 1.63. The van der Waals surface area contributed by atoms with Crippen LogP contribution >= 0.6 is 0 Å². The fourth-order valence-electron chi connectivity index (χ4n) is 2.85. The van der Waals surface area contributed by atoms with Crippen LogP contribution in [0.15, 0.2) is 83.8 Å². The van der Waals surface area contributed by atoms with Crippen molar-refractivity contribution in [2.45, 2.75) is 23.9 Å². The molecule has 29 heavy (non-hydrogen) atoms. The van der Waals surface area contributed by atoms with Crippen LogP contribution in [0.5, 0.6) is 0 Å². The monoisotopic (exact) mass is 410 g/mol. The Bertz CT molecular complexity index is 1060. The fraction of sp³-hybridized carbons (Fsp3) is 0.136. The molecule has 4 N–H and O–H groups in total. The Morgan fingerprint density at radius 2 is 1.41 bits per heavy atom. The molecule has 3 rings (SSSR count). The lowest BCUT2D eigenvalue weighted by atomic mass is 10.0. The highest BCUT2D eigenvalue weighted by Crippen LogP contribution is 2.21. The van der Waals surface area contributed by atoms with Crippen LogP contribution in [0.3, 0.4) is 0 Å². The normalized spacial score (nSPS) is 12.4. The van der Waals surface area contributed by atoms with Crippen molar-refractivity contribution in [3.05, 3.63) is 90.0 Å². The number of nitrogens with one attached hydrogen (secondary N) is 1. The van der Waals surface area contributed by atoms with E-state index in [9.17, 15) is 13.2 Å². The Hall–Kier alpha value is -3.00. The third-order valence-corrected chi connectivity index (χ3v) is 5.95. The van der Waals surface area contributed by atoms with Gasteiger partial charge < -0.3 is 10.8 Å². The molecular formula is C22H22N2O4S. The molecule has 3 aromatic carbocycles. The van der Waals surface area contributed by atoms with Crippen LogP contribution in [-0.4, -0.2) is 25.5 Å². The first kappa shape index (κ1) is 20.7. The van der Waals surface area contributed by atoms with Crippen molar-refractivity contribution in [2.24, 2.45) is 5.73 Å². The number of hydrogen-bond acceptors (Lipinski definition) is 4. The minimum Gasteiger partial charge on any atom is -0.480 e. The molecular weight excluding hydrogens is 388 g/mol. The molecule has 3 aromatic rings. The summed E-state index contributed by atoms with van der Waals surface area (Å²) >= 11 is 0. The molecule has 0 bridgehead atoms. The maximum absolute atomic E-state index is 12.5. The Labute approximate surface area is 170 Å². The van der Waals surface area contributed by atoms with E-state index < -0.39 is 22.0 Å². The zero-order valence-electron chi connectivity index (χ0n) is 15.7. The van der Waals surface area contributed by atoms with Gasteiger partial charge in [-0.2, -0.15) is 0 Å². The maximum Gasteiger partial charge on any atom is 0.320 e. The first-order valence-corrected chi connectivity index (χ1v) is 10.5. The van der Waals surface area contributed by atoms with E-state index in [1.54, 1.807) is 48.5 Å². The maximum atomic E-state index is 12.5. The Morgan fingerprint density at radius 1 is 0.862 bits per heavy atom. The van der Waals surface area contributed by atoms with E-state index in [1.807, 2.05) is 30.3 Å². The fourth-order valence-corrected chi connectivity index (χ4v) is 3.87. The van der Waals surface area contributed by atoms with E-state index in [4.69, 9.17) is 10.8 Å². The third kappa shape index (κ3) is 5.51. The topological polar surface area (TPSA) is 109 Å². The summed E-state index contributed by atoms with van der Waals surface area (Å²) in [7, 11) is -3.65. The lowest BCUT2D eigenvalue weighted by Crippen LogP contribution is -2.32. The number of sulfonamides is 1. The molecule has 0 aliphatic carbocycles. The van der Waals surface area contributed by atoms with Crippen LogP contribution in [0.4, 0.5) is 0 Å². The van der Waals surface area contributed by atoms with Crippen molar-refractivity contribution >= 4 is 16.0 Å². The van der Waals surface area contributed by atoms with Gasteiger partial charge in [0, 0.05) is 6.54 Å². The molecule has 0 aliphatic rings. The SMILES string of the molecule is NC(Cc1ccc(CNS(=O)(=O)c2ccc(-c3ccccc3)cc2)cc1)C(=O)O. The minimum absolute atomic E-state index is 0.133. The van der Waals surface area contributed by atoms with Crippen LogP contribution < -0.4 is 10.5 Å². The molecule has 0 saturated carbocycles. The lowest BCUT2D eigenvalue weighted by molar-refractivity contribution is -0.138. The standard InChI is InChI=1S/C22H22N2O4S/c23-21(22(25)26)14-16-6-8-17(9-7-16)15-24-29(27,28)20-12-10-19(11-13-20)18-4-2-1-3-5-18/h1-13,21,24H,14-15,23H2,(H,25,26). The number of hydrogen-bond donors (Lipinski definition) is 3. The summed E-state index contributed by atoms with van der Waals surface area (Å²) < 4.78 is 27.7. The van der Waals surface area contributed by atoms with Crippen LogP contribution in [0, 0.1) is 0 Å². The predicted octanol–water partition coefficient (Wildman–Crippen LogP) is 2.79. The molecule has 0 saturated heterocycles. The van der Waals surface area contributed by atoms with E-state index >= 15 is 0 Å². The zero-order chi connectivity index (χ0) is 20.9. The molecule has 150 valence electrons. The average molecular weight is 410 g/mol. The van der Waals surface area contributed by atoms with Crippen molar-refractivity contribution in [1.82, 2.24) is 4.72 Å². The zero-order valence-corrected chi connectivity index (χ0v) is 16.5. The van der Waals surface area contributed by atoms with Gasteiger partial charge in [0.05, 0.1) is 4.90 Å². The number of benzene rings is 3. The van der Waals surface area contributed by atoms with Gasteiger partial charge in [0.15, 0.2) is 0 Å². The van der Waals surface area contributed by atoms with Crippen molar-refractivity contribution in [3.8, 4) is 11.1 Å². The number of carbonyl (C=O) groups is 1. The smallest absolute Gasteiger partial charge is 0.320 e. The van der Waals surface area contributed by atoms with Crippen LogP contribution in [-0.2, 0) is 27.8 Å². The molecule has 7 heteroatoms. The number of aliphatic carboxylic acids is 1. The molecule has 0 spiro atoms. The van der Waals surface area contributed by atoms with Crippen LogP contribution in [0.2, 0.25) is 0 Å². The highest BCUT2D eigenvalue weighted by atomic mass is 32.2. The molecule has 6 nitrogen and oxygen atoms in total. The van der Waals surface area contributed by atoms with Crippen molar-refractivity contribution < 1.29 is 18.3 Å². The van der Waals surface area contributed by atoms with Gasteiger partial charge in [-0.25, -0.2) is 13.1 Å². The predicted molar refractivity (Wildman–Crippen MR) is 112 cm³/mol. The molecule has 0 aliphatic heterocycles. The summed E-state index contributed by atoms with van der Waals surface area (Å²) in [4.78, 5) is 11.0. The Kier molecular flexibility index (Phi) is 6.43. The van der Waals surface area contributed by atoms with Gasteiger partial charge >= 0.3 is 5.97 Å². The first-order valence-electron chi connectivity index (χ1n) is 9.06. The number of carboxylic acids is 1. The Morgan fingerprint density at radius 3 is 2.00 bits per heavy atom. The van der Waals surface area contributed by atoms with Crippen LogP contribution in [0.25, 0.3) is 11.1 Å². The highest BCUT2D eigenvalue weighted by Gasteiger charge is 2.14. The number of nitrogens with two attached hydrogens (primary N) is 1. The van der Waals surface area contributed by atoms with Gasteiger partial charge in [0.2, 0.25) is 10.0 Å². The summed E-state index contributed by atoms with van der Waals surface area (Å²) in [6.07, 6.45) is 0.217. The molecule has 1 unspecified atom stereocenters. The molecule has 0 amide bonds. The van der Waals surface area contributed by atoms with Gasteiger partial charge in [-0.1, -0.05) is 66.7 Å². The third-order valence-electron chi connectivity index (χ3n) is 4.53. The van der Waals surface area contributed by atoms with Crippen LogP contribution in [0.1, 0.15) is 11.1 Å². The summed E-state index contributed by atoms with van der Waals surface area (Å²) in [5, 5.41) is 8.86. The first-order chi connectivity index (χ1) is 13.8. The summed E-state index contributed by atoms with van der Waals surface area (Å²) in [6.45, 7) is 0.133. The number of rotatable bonds is 8. The summed E-state index contributed by atoms with van der Waals surface area (Å²) in [6, 6.07) is 22.5. The van der Waals surface area contributed by atoms with Gasteiger partial charge in [-0.3, -0.25) is 4.79 Å². The molecule has 1 atom stereocenters. The minimum atomic E-state index is -3.65. The quantitative estimate of drug-likeness (QED) is 0.529. The van der Waals surface area contributed by atoms with Gasteiger partial charge in [-0.15, -0.1) is 0 Å². The summed E-state index contributed by atoms with van der Waals surface area (Å²) in [5.74, 6) is -1.06. The molecule has 0 heterocycles. The van der Waals surface area contributed by atoms with E-state index in [-0.39, 0.29) is 17.9 Å². The van der Waals surface area contributed by atoms with Crippen molar-refractivity contribution in [2.75, 3.05) is 0 Å². The van der Waals surface area contributed by atoms with Crippen molar-refractivity contribution in [3.63, 3.8) is 0 Å². The van der Waals surface area contributed by atoms with E-state index in [0.29, 0.717) is 0 Å². The molecule has 0 radical (unpaired) electrons. The second-order valence-corrected chi connectivity index (χ2v) is 8.45. The molecule has 0 aromatic heterocycles. The lowest BCUT2D eigenvalue weighted by Gasteiger charge is -2.10. The van der Waals surface area contributed by atoms with Gasteiger partial charge in [-0.05, 0) is 40.8 Å². The molecule has 0 fully saturated rings. The average Bonchev–Trinajstić information content (AvgIpc) is 2.74. The van der Waals surface area contributed by atoms with E-state index in [0.717, 1.165) is 22.3 Å². The summed E-state index contributed by atoms with van der Waals surface area (Å²) in [5.41, 5.74) is 9.03. The second kappa shape index (κ2) is 9.00. The largest absolute Gasteiger partial charge is 0.480 e. The van der Waals surface area contributed by atoms with E-state index in [1.165, 1.54) is 0 Å². The second-order valence-electron chi connectivity index (χ2n) is 6.68. The van der Waals surface area contributed by atoms with E-state index in [2.05, 4.69) is 4.72 Å².